The lowest BCUT2D eigenvalue weighted by Gasteiger charge is -2.18. The number of para-hydroxylation sites is 1. The van der Waals surface area contributed by atoms with Gasteiger partial charge in [-0.1, -0.05) is 35.9 Å². The fourth-order valence-electron chi connectivity index (χ4n) is 3.36. The topological polar surface area (TPSA) is 75.2 Å². The predicted molar refractivity (Wildman–Crippen MR) is 136 cm³/mol. The van der Waals surface area contributed by atoms with Crippen LogP contribution in [0.2, 0.25) is 0 Å². The van der Waals surface area contributed by atoms with E-state index in [0.717, 1.165) is 16.8 Å². The summed E-state index contributed by atoms with van der Waals surface area (Å²) in [5.41, 5.74) is 4.74. The summed E-state index contributed by atoms with van der Waals surface area (Å²) in [6.45, 7) is 5.42. The third kappa shape index (κ3) is 5.27. The number of carbonyl (C=O) groups is 2. The SMILES string of the molecule is CC(=O)N(c1nc(/C=C/C(=O)Nc2nc(-c3ccc(C)cc3C)cs2)cs1)c1ccccc1F. The summed E-state index contributed by atoms with van der Waals surface area (Å²) in [7, 11) is 0. The van der Waals surface area contributed by atoms with Gasteiger partial charge in [-0.25, -0.2) is 14.4 Å². The van der Waals surface area contributed by atoms with Crippen molar-refractivity contribution >= 4 is 56.5 Å². The molecule has 6 nitrogen and oxygen atoms in total. The molecule has 172 valence electrons. The smallest absolute Gasteiger partial charge is 0.250 e. The number of hydrogen-bond acceptors (Lipinski definition) is 6. The Labute approximate surface area is 204 Å². The van der Waals surface area contributed by atoms with Crippen LogP contribution in [0, 0.1) is 19.7 Å². The molecule has 0 bridgehead atoms. The zero-order valence-corrected chi connectivity index (χ0v) is 20.3. The summed E-state index contributed by atoms with van der Waals surface area (Å²) in [6, 6.07) is 12.2. The van der Waals surface area contributed by atoms with Crippen molar-refractivity contribution in [2.75, 3.05) is 10.2 Å². The van der Waals surface area contributed by atoms with Crippen molar-refractivity contribution in [3.05, 3.63) is 81.9 Å². The summed E-state index contributed by atoms with van der Waals surface area (Å²) in [4.78, 5) is 34.6. The molecule has 1 N–H and O–H groups in total. The summed E-state index contributed by atoms with van der Waals surface area (Å²) in [5, 5.41) is 7.16. The van der Waals surface area contributed by atoms with Crippen LogP contribution < -0.4 is 10.2 Å². The number of aryl methyl sites for hydroxylation is 2. The summed E-state index contributed by atoms with van der Waals surface area (Å²) < 4.78 is 14.2. The molecule has 2 amide bonds. The number of amides is 2. The van der Waals surface area contributed by atoms with E-state index in [4.69, 9.17) is 0 Å². The molecule has 2 aromatic heterocycles. The zero-order valence-electron chi connectivity index (χ0n) is 18.7. The molecular formula is C25H21FN4O2S2. The lowest BCUT2D eigenvalue weighted by Crippen LogP contribution is -2.23. The summed E-state index contributed by atoms with van der Waals surface area (Å²) >= 11 is 2.53. The minimum atomic E-state index is -0.520. The predicted octanol–water partition coefficient (Wildman–Crippen LogP) is 6.36. The van der Waals surface area contributed by atoms with Crippen LogP contribution in [0.15, 0.2) is 59.3 Å². The van der Waals surface area contributed by atoms with Gasteiger partial charge >= 0.3 is 0 Å². The van der Waals surface area contributed by atoms with Gasteiger partial charge in [0.25, 0.3) is 0 Å². The maximum atomic E-state index is 14.2. The van der Waals surface area contributed by atoms with Crippen molar-refractivity contribution in [3.63, 3.8) is 0 Å². The highest BCUT2D eigenvalue weighted by atomic mass is 32.1. The minimum absolute atomic E-state index is 0.126. The molecule has 0 aliphatic heterocycles. The van der Waals surface area contributed by atoms with E-state index in [1.807, 2.05) is 31.4 Å². The van der Waals surface area contributed by atoms with Crippen LogP contribution in [0.3, 0.4) is 0 Å². The standard InChI is InChI=1S/C25H21FN4O2S2/c1-15-8-10-19(16(2)12-15)21-14-33-24(28-21)29-23(32)11-9-18-13-34-25(27-18)30(17(3)31)22-7-5-4-6-20(22)26/h4-14H,1-3H3,(H,28,29,32)/b11-9+. The molecule has 0 radical (unpaired) electrons. The van der Waals surface area contributed by atoms with E-state index < -0.39 is 5.82 Å². The van der Waals surface area contributed by atoms with Crippen LogP contribution >= 0.6 is 22.7 Å². The molecule has 2 heterocycles. The number of anilines is 3. The minimum Gasteiger partial charge on any atom is -0.298 e. The number of nitrogens with zero attached hydrogens (tertiary/aromatic N) is 3. The number of halogens is 1. The van der Waals surface area contributed by atoms with Gasteiger partial charge in [0.15, 0.2) is 10.3 Å². The first-order valence-electron chi connectivity index (χ1n) is 10.3. The highest BCUT2D eigenvalue weighted by Gasteiger charge is 2.20. The number of benzene rings is 2. The lowest BCUT2D eigenvalue weighted by molar-refractivity contribution is -0.116. The molecule has 34 heavy (non-hydrogen) atoms. The molecular weight excluding hydrogens is 471 g/mol. The van der Waals surface area contributed by atoms with Gasteiger partial charge in [0.2, 0.25) is 11.8 Å². The maximum absolute atomic E-state index is 14.2. The number of hydrogen-bond donors (Lipinski definition) is 1. The Balaban J connectivity index is 1.45. The molecule has 0 unspecified atom stereocenters. The van der Waals surface area contributed by atoms with Crippen LogP contribution in [-0.2, 0) is 9.59 Å². The number of aromatic nitrogens is 2. The number of rotatable bonds is 6. The van der Waals surface area contributed by atoms with Crippen molar-refractivity contribution in [2.45, 2.75) is 20.8 Å². The van der Waals surface area contributed by atoms with Crippen LogP contribution in [0.1, 0.15) is 23.7 Å². The van der Waals surface area contributed by atoms with Gasteiger partial charge < -0.3 is 0 Å². The van der Waals surface area contributed by atoms with Crippen molar-refractivity contribution in [3.8, 4) is 11.3 Å². The van der Waals surface area contributed by atoms with E-state index in [0.29, 0.717) is 16.0 Å². The molecule has 0 atom stereocenters. The second-order valence-corrected chi connectivity index (χ2v) is 9.23. The number of thiazole rings is 2. The van der Waals surface area contributed by atoms with Gasteiger partial charge in [-0.2, -0.15) is 0 Å². The number of nitrogens with one attached hydrogen (secondary N) is 1. The Bertz CT molecular complexity index is 1390. The molecule has 9 heteroatoms. The Morgan fingerprint density at radius 1 is 1.06 bits per heavy atom. The summed E-state index contributed by atoms with van der Waals surface area (Å²) in [6.07, 6.45) is 2.88. The quantitative estimate of drug-likeness (QED) is 0.318. The van der Waals surface area contributed by atoms with E-state index in [9.17, 15) is 14.0 Å². The zero-order chi connectivity index (χ0) is 24.2. The Hall–Kier alpha value is -3.69. The monoisotopic (exact) mass is 492 g/mol. The first-order valence-corrected chi connectivity index (χ1v) is 12.1. The Kier molecular flexibility index (Phi) is 6.95. The van der Waals surface area contributed by atoms with Crippen molar-refractivity contribution in [1.29, 1.82) is 0 Å². The molecule has 0 spiro atoms. The van der Waals surface area contributed by atoms with Crippen LogP contribution in [0.4, 0.5) is 20.3 Å². The van der Waals surface area contributed by atoms with Gasteiger partial charge in [-0.3, -0.25) is 19.8 Å². The van der Waals surface area contributed by atoms with E-state index >= 15 is 0 Å². The molecule has 0 aliphatic rings. The molecule has 0 aliphatic carbocycles. The van der Waals surface area contributed by atoms with Gasteiger partial charge in [0.1, 0.15) is 5.82 Å². The lowest BCUT2D eigenvalue weighted by atomic mass is 10.0. The molecule has 4 rings (SSSR count). The van der Waals surface area contributed by atoms with E-state index in [1.54, 1.807) is 17.5 Å². The fourth-order valence-corrected chi connectivity index (χ4v) is 4.92. The molecule has 0 saturated carbocycles. The van der Waals surface area contributed by atoms with Gasteiger partial charge in [0.05, 0.1) is 17.1 Å². The van der Waals surface area contributed by atoms with E-state index in [-0.39, 0.29) is 17.5 Å². The largest absolute Gasteiger partial charge is 0.298 e. The second kappa shape index (κ2) is 10.1. The van der Waals surface area contributed by atoms with Crippen LogP contribution in [0.25, 0.3) is 17.3 Å². The second-order valence-electron chi connectivity index (χ2n) is 7.54. The van der Waals surface area contributed by atoms with E-state index in [1.165, 1.54) is 64.3 Å². The summed E-state index contributed by atoms with van der Waals surface area (Å²) in [5.74, 6) is -1.24. The molecule has 0 saturated heterocycles. The fraction of sp³-hybridized carbons (Fsp3) is 0.120. The first kappa shape index (κ1) is 23.5. The molecule has 4 aromatic rings. The molecule has 2 aromatic carbocycles. The van der Waals surface area contributed by atoms with Crippen molar-refractivity contribution in [2.24, 2.45) is 0 Å². The van der Waals surface area contributed by atoms with Crippen LogP contribution in [0.5, 0.6) is 0 Å². The third-order valence-corrected chi connectivity index (χ3v) is 6.51. The highest BCUT2D eigenvalue weighted by molar-refractivity contribution is 7.14. The maximum Gasteiger partial charge on any atom is 0.250 e. The first-order chi connectivity index (χ1) is 16.3. The third-order valence-electron chi connectivity index (χ3n) is 4.91. The van der Waals surface area contributed by atoms with Gasteiger partial charge in [-0.05, 0) is 37.6 Å². The highest BCUT2D eigenvalue weighted by Crippen LogP contribution is 2.31. The van der Waals surface area contributed by atoms with E-state index in [2.05, 4.69) is 21.4 Å². The van der Waals surface area contributed by atoms with Crippen molar-refractivity contribution < 1.29 is 14.0 Å². The number of carbonyl (C=O) groups excluding carboxylic acids is 2. The average molecular weight is 493 g/mol. The van der Waals surface area contributed by atoms with Crippen molar-refractivity contribution in [1.82, 2.24) is 9.97 Å². The average Bonchev–Trinajstić information content (AvgIpc) is 3.43. The Morgan fingerprint density at radius 3 is 2.59 bits per heavy atom. The van der Waals surface area contributed by atoms with Gasteiger partial charge in [-0.15, -0.1) is 22.7 Å². The Morgan fingerprint density at radius 2 is 1.85 bits per heavy atom. The normalized spacial score (nSPS) is 11.1. The van der Waals surface area contributed by atoms with Gasteiger partial charge in [0, 0.05) is 29.3 Å². The molecule has 0 fully saturated rings. The van der Waals surface area contributed by atoms with Crippen LogP contribution in [-0.4, -0.2) is 21.8 Å².